The van der Waals surface area contributed by atoms with Crippen molar-refractivity contribution in [2.45, 2.75) is 0 Å². The Morgan fingerprint density at radius 2 is 2.10 bits per heavy atom. The van der Waals surface area contributed by atoms with Crippen LogP contribution in [0.15, 0.2) is 22.7 Å². The van der Waals surface area contributed by atoms with Gasteiger partial charge in [-0.05, 0) is 30.4 Å². The van der Waals surface area contributed by atoms with E-state index in [1.807, 2.05) is 4.90 Å². The first-order chi connectivity index (χ1) is 9.47. The van der Waals surface area contributed by atoms with Crippen molar-refractivity contribution >= 4 is 50.8 Å². The first-order valence-electron chi connectivity index (χ1n) is 6.34. The van der Waals surface area contributed by atoms with Crippen LogP contribution in [0.1, 0.15) is 10.4 Å². The number of halogens is 2. The molecule has 1 aliphatic rings. The summed E-state index contributed by atoms with van der Waals surface area (Å²) in [7, 11) is 2.15. The Hall–Kier alpha value is -0.690. The number of carbonyl (C=O) groups excluding carboxylic acids is 1. The SMILES string of the molecule is C[NH+]1CCN(C(=S)NC(=O)c2cc(Br)ccc2Cl)CC1. The summed E-state index contributed by atoms with van der Waals surface area (Å²) >= 11 is 14.7. The fourth-order valence-electron chi connectivity index (χ4n) is 2.01. The highest BCUT2D eigenvalue weighted by Crippen LogP contribution is 2.20. The number of nitrogens with zero attached hydrogens (tertiary/aromatic N) is 1. The highest BCUT2D eigenvalue weighted by atomic mass is 79.9. The van der Waals surface area contributed by atoms with Gasteiger partial charge in [-0.25, -0.2) is 0 Å². The third-order valence-corrected chi connectivity index (χ3v) is 4.48. The molecule has 1 aromatic carbocycles. The highest BCUT2D eigenvalue weighted by Gasteiger charge is 2.21. The molecule has 1 amide bonds. The Labute approximate surface area is 137 Å². The monoisotopic (exact) mass is 376 g/mol. The van der Waals surface area contributed by atoms with Gasteiger partial charge in [0.15, 0.2) is 5.11 Å². The average molecular weight is 378 g/mol. The van der Waals surface area contributed by atoms with Gasteiger partial charge in [0, 0.05) is 4.47 Å². The van der Waals surface area contributed by atoms with Gasteiger partial charge >= 0.3 is 0 Å². The fourth-order valence-corrected chi connectivity index (χ4v) is 2.85. The lowest BCUT2D eigenvalue weighted by Gasteiger charge is -2.31. The summed E-state index contributed by atoms with van der Waals surface area (Å²) in [5, 5.41) is 3.64. The smallest absolute Gasteiger partial charge is 0.258 e. The number of quaternary nitrogens is 1. The van der Waals surface area contributed by atoms with Crippen LogP contribution in [-0.4, -0.2) is 49.1 Å². The Bertz CT molecular complexity index is 532. The van der Waals surface area contributed by atoms with Crippen molar-refractivity contribution in [1.82, 2.24) is 10.2 Å². The molecule has 0 unspecified atom stereocenters. The summed E-state index contributed by atoms with van der Waals surface area (Å²) < 4.78 is 0.807. The van der Waals surface area contributed by atoms with Crippen molar-refractivity contribution in [3.8, 4) is 0 Å². The number of thiocarbonyl (C=S) groups is 1. The van der Waals surface area contributed by atoms with Gasteiger partial charge < -0.3 is 9.80 Å². The molecule has 0 saturated carbocycles. The maximum Gasteiger partial charge on any atom is 0.258 e. The van der Waals surface area contributed by atoms with Crippen LogP contribution in [0.2, 0.25) is 5.02 Å². The molecule has 4 nitrogen and oxygen atoms in total. The Balaban J connectivity index is 2.00. The molecule has 0 spiro atoms. The molecule has 1 aromatic rings. The number of amides is 1. The predicted octanol–water partition coefficient (Wildman–Crippen LogP) is 0.948. The van der Waals surface area contributed by atoms with E-state index < -0.39 is 0 Å². The number of hydrogen-bond acceptors (Lipinski definition) is 2. The lowest BCUT2D eigenvalue weighted by atomic mass is 10.2. The van der Waals surface area contributed by atoms with E-state index in [2.05, 4.69) is 28.3 Å². The second kappa shape index (κ2) is 6.85. The minimum Gasteiger partial charge on any atom is -0.338 e. The van der Waals surface area contributed by atoms with Gasteiger partial charge in [-0.3, -0.25) is 10.1 Å². The molecule has 1 saturated heterocycles. The van der Waals surface area contributed by atoms with E-state index in [9.17, 15) is 4.79 Å². The first-order valence-corrected chi connectivity index (χ1v) is 7.92. The third kappa shape index (κ3) is 3.91. The predicted molar refractivity (Wildman–Crippen MR) is 87.4 cm³/mol. The van der Waals surface area contributed by atoms with Crippen molar-refractivity contribution in [2.75, 3.05) is 33.2 Å². The molecule has 0 radical (unpaired) electrons. The summed E-state index contributed by atoms with van der Waals surface area (Å²) in [4.78, 5) is 15.7. The molecule has 2 rings (SSSR count). The Kier molecular flexibility index (Phi) is 5.37. The number of carbonyl (C=O) groups is 1. The number of hydrogen-bond donors (Lipinski definition) is 2. The molecule has 0 atom stereocenters. The van der Waals surface area contributed by atoms with Crippen LogP contribution >= 0.6 is 39.7 Å². The molecule has 1 fully saturated rings. The zero-order valence-corrected chi connectivity index (χ0v) is 14.2. The molecule has 108 valence electrons. The van der Waals surface area contributed by atoms with Crippen molar-refractivity contribution < 1.29 is 9.69 Å². The zero-order chi connectivity index (χ0) is 14.7. The van der Waals surface area contributed by atoms with E-state index in [4.69, 9.17) is 23.8 Å². The normalized spacial score (nSPS) is 16.1. The summed E-state index contributed by atoms with van der Waals surface area (Å²) in [6.07, 6.45) is 0. The number of benzene rings is 1. The number of nitrogens with one attached hydrogen (secondary N) is 2. The van der Waals surface area contributed by atoms with E-state index in [-0.39, 0.29) is 5.91 Å². The van der Waals surface area contributed by atoms with E-state index in [0.29, 0.717) is 15.7 Å². The summed E-state index contributed by atoms with van der Waals surface area (Å²) in [6, 6.07) is 5.16. The summed E-state index contributed by atoms with van der Waals surface area (Å²) in [5.74, 6) is -0.271. The minimum absolute atomic E-state index is 0.271. The fraction of sp³-hybridized carbons (Fsp3) is 0.385. The van der Waals surface area contributed by atoms with Crippen LogP contribution in [0.4, 0.5) is 0 Å². The second-order valence-corrected chi connectivity index (χ2v) is 6.54. The molecular formula is C13H16BrClN3OS+. The molecule has 7 heteroatoms. The van der Waals surface area contributed by atoms with Crippen LogP contribution in [-0.2, 0) is 0 Å². The summed E-state index contributed by atoms with van der Waals surface area (Å²) in [6.45, 7) is 3.76. The van der Waals surface area contributed by atoms with Crippen LogP contribution in [0.5, 0.6) is 0 Å². The first kappa shape index (κ1) is 15.7. The standard InChI is InChI=1S/C13H15BrClN3OS/c1-17-4-6-18(7-5-17)13(20)16-12(19)10-8-9(14)2-3-11(10)15/h2-3,8H,4-7H2,1H3,(H,16,19,20)/p+1. The van der Waals surface area contributed by atoms with E-state index in [0.717, 1.165) is 30.7 Å². The van der Waals surface area contributed by atoms with Crippen LogP contribution < -0.4 is 10.2 Å². The van der Waals surface area contributed by atoms with Crippen LogP contribution in [0.25, 0.3) is 0 Å². The van der Waals surface area contributed by atoms with E-state index >= 15 is 0 Å². The molecule has 0 bridgehead atoms. The molecule has 0 aromatic heterocycles. The lowest BCUT2D eigenvalue weighted by Crippen LogP contribution is -3.12. The maximum absolute atomic E-state index is 12.2. The Morgan fingerprint density at radius 1 is 1.45 bits per heavy atom. The minimum atomic E-state index is -0.271. The van der Waals surface area contributed by atoms with Gasteiger partial charge in [0.25, 0.3) is 5.91 Å². The molecule has 0 aliphatic carbocycles. The molecule has 1 heterocycles. The average Bonchev–Trinajstić information content (AvgIpc) is 2.42. The van der Waals surface area contributed by atoms with Crippen molar-refractivity contribution in [3.63, 3.8) is 0 Å². The second-order valence-electron chi connectivity index (χ2n) is 4.83. The van der Waals surface area contributed by atoms with Gasteiger partial charge in [-0.1, -0.05) is 27.5 Å². The number of piperazine rings is 1. The van der Waals surface area contributed by atoms with Gasteiger partial charge in [-0.2, -0.15) is 0 Å². The van der Waals surface area contributed by atoms with Crippen molar-refractivity contribution in [1.29, 1.82) is 0 Å². The van der Waals surface area contributed by atoms with E-state index in [1.165, 1.54) is 4.90 Å². The van der Waals surface area contributed by atoms with Crippen LogP contribution in [0.3, 0.4) is 0 Å². The van der Waals surface area contributed by atoms with Gasteiger partial charge in [-0.15, -0.1) is 0 Å². The molecule has 20 heavy (non-hydrogen) atoms. The lowest BCUT2D eigenvalue weighted by molar-refractivity contribution is -0.883. The molecule has 1 aliphatic heterocycles. The Morgan fingerprint density at radius 3 is 2.75 bits per heavy atom. The largest absolute Gasteiger partial charge is 0.338 e. The zero-order valence-electron chi connectivity index (χ0n) is 11.1. The third-order valence-electron chi connectivity index (χ3n) is 3.30. The van der Waals surface area contributed by atoms with Crippen molar-refractivity contribution in [2.24, 2.45) is 0 Å². The summed E-state index contributed by atoms with van der Waals surface area (Å²) in [5.41, 5.74) is 0.420. The molecule has 2 N–H and O–H groups in total. The molecular weight excluding hydrogens is 362 g/mol. The van der Waals surface area contributed by atoms with Crippen molar-refractivity contribution in [3.05, 3.63) is 33.3 Å². The van der Waals surface area contributed by atoms with Crippen LogP contribution in [0, 0.1) is 0 Å². The highest BCUT2D eigenvalue weighted by molar-refractivity contribution is 9.10. The van der Waals surface area contributed by atoms with Gasteiger partial charge in [0.05, 0.1) is 43.8 Å². The topological polar surface area (TPSA) is 36.8 Å². The maximum atomic E-state index is 12.2. The number of rotatable bonds is 1. The van der Waals surface area contributed by atoms with E-state index in [1.54, 1.807) is 18.2 Å². The van der Waals surface area contributed by atoms with Gasteiger partial charge in [0.2, 0.25) is 0 Å². The van der Waals surface area contributed by atoms with Gasteiger partial charge in [0.1, 0.15) is 0 Å². The quantitative estimate of drug-likeness (QED) is 0.716. The number of likely N-dealkylation sites (N-methyl/N-ethyl adjacent to an activating group) is 1.